The highest BCUT2D eigenvalue weighted by molar-refractivity contribution is 5.80. The third-order valence-corrected chi connectivity index (χ3v) is 10.7. The van der Waals surface area contributed by atoms with Crippen molar-refractivity contribution in [2.45, 2.75) is 64.6 Å². The average Bonchev–Trinajstić information content (AvgIpc) is 3.67. The maximum absolute atomic E-state index is 14.7. The van der Waals surface area contributed by atoms with Crippen LogP contribution in [0.2, 0.25) is 0 Å². The number of imidazole rings is 1. The first-order valence-electron chi connectivity index (χ1n) is 19.8. The van der Waals surface area contributed by atoms with E-state index < -0.39 is 29.3 Å². The van der Waals surface area contributed by atoms with E-state index in [0.717, 1.165) is 23.3 Å². The molecule has 2 aromatic heterocycles. The van der Waals surface area contributed by atoms with Gasteiger partial charge in [-0.1, -0.05) is 78.9 Å². The highest BCUT2D eigenvalue weighted by Gasteiger charge is 2.35. The van der Waals surface area contributed by atoms with Gasteiger partial charge in [0.1, 0.15) is 23.8 Å². The molecular formula is C47H49F2N3O7. The Kier molecular flexibility index (Phi) is 13.0. The number of aliphatic carboxylic acids is 1. The maximum Gasteiger partial charge on any atom is 0.337 e. The van der Waals surface area contributed by atoms with Gasteiger partial charge in [0.05, 0.1) is 43.8 Å². The van der Waals surface area contributed by atoms with Gasteiger partial charge in [-0.3, -0.25) is 4.40 Å². The molecule has 0 amide bonds. The van der Waals surface area contributed by atoms with Crippen LogP contribution in [0.4, 0.5) is 14.6 Å². The summed E-state index contributed by atoms with van der Waals surface area (Å²) in [6, 6.07) is 30.7. The van der Waals surface area contributed by atoms with Crippen LogP contribution >= 0.6 is 0 Å². The number of carboxylic acids is 1. The Labute approximate surface area is 342 Å². The molecule has 7 rings (SSSR count). The second-order valence-corrected chi connectivity index (χ2v) is 15.2. The summed E-state index contributed by atoms with van der Waals surface area (Å²) in [5.74, 6) is -2.64. The number of hydrogen-bond donors (Lipinski definition) is 2. The molecule has 0 spiro atoms. The molecule has 0 radical (unpaired) electrons. The molecule has 59 heavy (non-hydrogen) atoms. The van der Waals surface area contributed by atoms with Crippen molar-refractivity contribution < 1.29 is 42.7 Å². The molecule has 1 aliphatic rings. The first-order chi connectivity index (χ1) is 28.5. The van der Waals surface area contributed by atoms with Gasteiger partial charge in [0.2, 0.25) is 0 Å². The van der Waals surface area contributed by atoms with E-state index >= 15 is 0 Å². The molecule has 2 atom stereocenters. The minimum Gasteiger partial charge on any atom is -0.488 e. The zero-order valence-electron chi connectivity index (χ0n) is 33.4. The van der Waals surface area contributed by atoms with E-state index in [0.29, 0.717) is 91.8 Å². The molecule has 1 aliphatic heterocycles. The van der Waals surface area contributed by atoms with Crippen molar-refractivity contribution in [3.63, 3.8) is 0 Å². The smallest absolute Gasteiger partial charge is 0.337 e. The molecule has 12 heteroatoms. The number of carbonyl (C=O) groups is 1. The SMILES string of the molecule is Cc1cc2nc(-c3cccc(-c4cc(F)c(F)cc4OCc4ccccc4)c3)cn2c(N2CCC(C)(OCCOCC(C)OCc3ccccc3)CC2)c1C(O)C(=O)O. The van der Waals surface area contributed by atoms with Gasteiger partial charge in [0, 0.05) is 42.0 Å². The number of aliphatic hydroxyl groups is 1. The summed E-state index contributed by atoms with van der Waals surface area (Å²) in [6.45, 7) is 8.85. The summed E-state index contributed by atoms with van der Waals surface area (Å²) in [4.78, 5) is 19.3. The molecule has 0 aliphatic carbocycles. The number of aryl methyl sites for hydroxylation is 1. The summed E-state index contributed by atoms with van der Waals surface area (Å²) in [5, 5.41) is 21.0. The third-order valence-electron chi connectivity index (χ3n) is 10.7. The summed E-state index contributed by atoms with van der Waals surface area (Å²) in [7, 11) is 0. The highest BCUT2D eigenvalue weighted by Crippen LogP contribution is 2.39. The van der Waals surface area contributed by atoms with E-state index in [4.69, 9.17) is 23.9 Å². The van der Waals surface area contributed by atoms with E-state index in [-0.39, 0.29) is 24.0 Å². The van der Waals surface area contributed by atoms with Crippen molar-refractivity contribution in [3.05, 3.63) is 143 Å². The Morgan fingerprint density at radius 2 is 1.53 bits per heavy atom. The summed E-state index contributed by atoms with van der Waals surface area (Å²) in [5.41, 5.74) is 5.19. The number of rotatable bonds is 17. The number of nitrogens with zero attached hydrogens (tertiary/aromatic N) is 3. The Bertz CT molecular complexity index is 2370. The fraction of sp³-hybridized carbons (Fsp3) is 0.319. The Hall–Kier alpha value is -5.66. The number of hydrogen-bond acceptors (Lipinski definition) is 8. The summed E-state index contributed by atoms with van der Waals surface area (Å²) >= 11 is 0. The third kappa shape index (κ3) is 9.97. The largest absolute Gasteiger partial charge is 0.488 e. The number of benzene rings is 4. The summed E-state index contributed by atoms with van der Waals surface area (Å²) in [6.07, 6.45) is 1.26. The highest BCUT2D eigenvalue weighted by atomic mass is 19.2. The number of ether oxygens (including phenoxy) is 4. The zero-order valence-corrected chi connectivity index (χ0v) is 33.4. The van der Waals surface area contributed by atoms with Crippen LogP contribution in [0.1, 0.15) is 55.0 Å². The number of aromatic nitrogens is 2. The average molecular weight is 806 g/mol. The van der Waals surface area contributed by atoms with Gasteiger partial charge < -0.3 is 34.1 Å². The Morgan fingerprint density at radius 3 is 2.22 bits per heavy atom. The number of anilines is 1. The standard InChI is InChI=1S/C47H49F2N3O7/c1-31-23-42-50-40(36-16-10-15-35(24-36)37-25-38(48)39(49)26-41(37)58-30-34-13-8-5-9-14-34)27-52(42)45(43(31)44(53)46(54)55)51-19-17-47(3,18-20-51)59-22-21-56-28-32(2)57-29-33-11-6-4-7-12-33/h4-16,23-27,32,44,53H,17-22,28-30H2,1-3H3,(H,54,55). The molecule has 4 aromatic carbocycles. The van der Waals surface area contributed by atoms with Crippen molar-refractivity contribution in [1.29, 1.82) is 0 Å². The number of fused-ring (bicyclic) bond motifs is 1. The van der Waals surface area contributed by atoms with Gasteiger partial charge in [-0.15, -0.1) is 0 Å². The van der Waals surface area contributed by atoms with E-state index in [1.54, 1.807) is 25.1 Å². The Morgan fingerprint density at radius 1 is 0.864 bits per heavy atom. The molecule has 1 fully saturated rings. The monoisotopic (exact) mass is 805 g/mol. The topological polar surface area (TPSA) is 115 Å². The minimum atomic E-state index is -1.77. The molecule has 1 saturated heterocycles. The Balaban J connectivity index is 1.08. The van der Waals surface area contributed by atoms with Crippen LogP contribution in [0, 0.1) is 18.6 Å². The van der Waals surface area contributed by atoms with Gasteiger partial charge in [0.25, 0.3) is 0 Å². The van der Waals surface area contributed by atoms with Crippen LogP contribution < -0.4 is 9.64 Å². The molecule has 6 aromatic rings. The number of pyridine rings is 1. The van der Waals surface area contributed by atoms with Crippen LogP contribution in [-0.2, 0) is 32.2 Å². The predicted molar refractivity (Wildman–Crippen MR) is 221 cm³/mol. The van der Waals surface area contributed by atoms with E-state index in [2.05, 4.69) is 11.8 Å². The van der Waals surface area contributed by atoms with Gasteiger partial charge in [-0.05, 0) is 74.1 Å². The molecular weight excluding hydrogens is 757 g/mol. The van der Waals surface area contributed by atoms with Crippen molar-refractivity contribution in [2.24, 2.45) is 0 Å². The lowest BCUT2D eigenvalue weighted by Crippen LogP contribution is -2.45. The fourth-order valence-electron chi connectivity index (χ4n) is 7.41. The second-order valence-electron chi connectivity index (χ2n) is 15.2. The van der Waals surface area contributed by atoms with Gasteiger partial charge in [-0.2, -0.15) is 0 Å². The molecule has 10 nitrogen and oxygen atoms in total. The minimum absolute atomic E-state index is 0.0693. The summed E-state index contributed by atoms with van der Waals surface area (Å²) < 4.78 is 55.1. The van der Waals surface area contributed by atoms with Crippen molar-refractivity contribution in [3.8, 4) is 28.1 Å². The van der Waals surface area contributed by atoms with Crippen LogP contribution in [0.15, 0.2) is 109 Å². The fourth-order valence-corrected chi connectivity index (χ4v) is 7.41. The van der Waals surface area contributed by atoms with Crippen LogP contribution in [0.3, 0.4) is 0 Å². The lowest BCUT2D eigenvalue weighted by molar-refractivity contribution is -0.147. The molecule has 2 N–H and O–H groups in total. The number of halogens is 2. The van der Waals surface area contributed by atoms with Crippen molar-refractivity contribution >= 4 is 17.4 Å². The molecule has 0 bridgehead atoms. The van der Waals surface area contributed by atoms with Crippen molar-refractivity contribution in [1.82, 2.24) is 9.38 Å². The van der Waals surface area contributed by atoms with Crippen molar-refractivity contribution in [2.75, 3.05) is 37.8 Å². The normalized spacial score (nSPS) is 15.0. The predicted octanol–water partition coefficient (Wildman–Crippen LogP) is 8.95. The zero-order chi connectivity index (χ0) is 41.5. The first kappa shape index (κ1) is 41.5. The number of aliphatic hydroxyl groups excluding tert-OH is 1. The van der Waals surface area contributed by atoms with Crippen LogP contribution in [0.5, 0.6) is 5.75 Å². The second kappa shape index (κ2) is 18.5. The van der Waals surface area contributed by atoms with E-state index in [1.165, 1.54) is 0 Å². The molecule has 308 valence electrons. The lowest BCUT2D eigenvalue weighted by Gasteiger charge is -2.41. The first-order valence-corrected chi connectivity index (χ1v) is 19.8. The quantitative estimate of drug-likeness (QED) is 0.0873. The maximum atomic E-state index is 14.7. The van der Waals surface area contributed by atoms with Crippen LogP contribution in [0.25, 0.3) is 28.0 Å². The lowest BCUT2D eigenvalue weighted by atomic mass is 9.92. The number of piperidine rings is 1. The molecule has 3 heterocycles. The van der Waals surface area contributed by atoms with Crippen LogP contribution in [-0.4, -0.2) is 70.2 Å². The number of carboxylic acid groups (broad SMARTS) is 1. The van der Waals surface area contributed by atoms with E-state index in [9.17, 15) is 23.8 Å². The van der Waals surface area contributed by atoms with E-state index in [1.807, 2.05) is 90.3 Å². The van der Waals surface area contributed by atoms with Gasteiger partial charge >= 0.3 is 5.97 Å². The van der Waals surface area contributed by atoms with Gasteiger partial charge in [-0.25, -0.2) is 18.6 Å². The molecule has 2 unspecified atom stereocenters. The van der Waals surface area contributed by atoms with Gasteiger partial charge in [0.15, 0.2) is 17.7 Å². The molecule has 0 saturated carbocycles.